The van der Waals surface area contributed by atoms with E-state index in [0.29, 0.717) is 0 Å². The van der Waals surface area contributed by atoms with Gasteiger partial charge in [0.25, 0.3) is 0 Å². The summed E-state index contributed by atoms with van der Waals surface area (Å²) in [4.78, 5) is 14.7. The molecule has 0 aromatic heterocycles. The van der Waals surface area contributed by atoms with E-state index in [2.05, 4.69) is 12.1 Å². The SMILES string of the molecule is CC1CCC(C(=O)N(CC(N)=NO)C2CCCC2)CC1. The van der Waals surface area contributed by atoms with Gasteiger partial charge in [-0.1, -0.05) is 24.9 Å². The second-order valence-electron chi connectivity index (χ2n) is 6.45. The van der Waals surface area contributed by atoms with Gasteiger partial charge >= 0.3 is 0 Å². The van der Waals surface area contributed by atoms with Gasteiger partial charge in [-0.05, 0) is 44.4 Å². The molecule has 2 rings (SSSR count). The average Bonchev–Trinajstić information content (AvgIpc) is 2.98. The zero-order valence-electron chi connectivity index (χ0n) is 12.4. The molecule has 3 N–H and O–H groups in total. The van der Waals surface area contributed by atoms with E-state index in [1.807, 2.05) is 4.90 Å². The second kappa shape index (κ2) is 6.95. The van der Waals surface area contributed by atoms with E-state index in [4.69, 9.17) is 10.9 Å². The normalized spacial score (nSPS) is 28.6. The second-order valence-corrected chi connectivity index (χ2v) is 6.45. The van der Waals surface area contributed by atoms with Crippen molar-refractivity contribution >= 4 is 11.7 Å². The Balaban J connectivity index is 2.02. The number of nitrogens with zero attached hydrogens (tertiary/aromatic N) is 2. The van der Waals surface area contributed by atoms with Crippen molar-refractivity contribution in [1.82, 2.24) is 4.90 Å². The number of amides is 1. The molecular formula is C15H27N3O2. The molecule has 0 aromatic carbocycles. The largest absolute Gasteiger partial charge is 0.409 e. The van der Waals surface area contributed by atoms with Crippen LogP contribution in [0.5, 0.6) is 0 Å². The fourth-order valence-corrected chi connectivity index (χ4v) is 3.55. The molecule has 20 heavy (non-hydrogen) atoms. The van der Waals surface area contributed by atoms with Gasteiger partial charge in [0.05, 0.1) is 6.54 Å². The first-order valence-electron chi connectivity index (χ1n) is 7.88. The molecule has 5 heteroatoms. The highest BCUT2D eigenvalue weighted by Gasteiger charge is 2.33. The fraction of sp³-hybridized carbons (Fsp3) is 0.867. The number of carbonyl (C=O) groups excluding carboxylic acids is 1. The standard InChI is InChI=1S/C15H27N3O2/c1-11-6-8-12(9-7-11)15(19)18(10-14(16)17-20)13-4-2-3-5-13/h11-13,20H,2-10H2,1H3,(H2,16,17). The Labute approximate surface area is 121 Å². The van der Waals surface area contributed by atoms with E-state index in [-0.39, 0.29) is 30.2 Å². The van der Waals surface area contributed by atoms with Gasteiger partial charge in [-0.25, -0.2) is 0 Å². The lowest BCUT2D eigenvalue weighted by molar-refractivity contribution is -0.138. The van der Waals surface area contributed by atoms with Crippen LogP contribution in [0.1, 0.15) is 58.3 Å². The van der Waals surface area contributed by atoms with Gasteiger partial charge in [0.2, 0.25) is 5.91 Å². The molecule has 0 radical (unpaired) electrons. The third kappa shape index (κ3) is 3.64. The highest BCUT2D eigenvalue weighted by Crippen LogP contribution is 2.32. The number of nitrogens with two attached hydrogens (primary N) is 1. The third-order valence-electron chi connectivity index (χ3n) is 4.87. The van der Waals surface area contributed by atoms with Crippen LogP contribution >= 0.6 is 0 Å². The van der Waals surface area contributed by atoms with E-state index >= 15 is 0 Å². The first-order valence-corrected chi connectivity index (χ1v) is 7.88. The molecule has 0 saturated heterocycles. The number of oxime groups is 1. The van der Waals surface area contributed by atoms with Gasteiger partial charge in [-0.2, -0.15) is 0 Å². The Kier molecular flexibility index (Phi) is 5.26. The van der Waals surface area contributed by atoms with Gasteiger partial charge in [0.1, 0.15) is 0 Å². The van der Waals surface area contributed by atoms with Crippen molar-refractivity contribution in [2.75, 3.05) is 6.54 Å². The molecule has 2 saturated carbocycles. The van der Waals surface area contributed by atoms with Crippen LogP contribution in [0.2, 0.25) is 0 Å². The summed E-state index contributed by atoms with van der Waals surface area (Å²) in [7, 11) is 0. The Morgan fingerprint density at radius 1 is 1.20 bits per heavy atom. The molecule has 1 amide bonds. The quantitative estimate of drug-likeness (QED) is 0.359. The van der Waals surface area contributed by atoms with Crippen LogP contribution in [0.25, 0.3) is 0 Å². The van der Waals surface area contributed by atoms with E-state index < -0.39 is 0 Å². The molecule has 5 nitrogen and oxygen atoms in total. The van der Waals surface area contributed by atoms with Crippen molar-refractivity contribution in [2.45, 2.75) is 64.3 Å². The maximum absolute atomic E-state index is 12.8. The van der Waals surface area contributed by atoms with E-state index in [1.54, 1.807) is 0 Å². The Bertz CT molecular complexity index is 356. The molecule has 0 aromatic rings. The Morgan fingerprint density at radius 2 is 1.80 bits per heavy atom. The zero-order chi connectivity index (χ0) is 14.5. The summed E-state index contributed by atoms with van der Waals surface area (Å²) in [5.41, 5.74) is 5.64. The summed E-state index contributed by atoms with van der Waals surface area (Å²) in [5.74, 6) is 1.23. The predicted molar refractivity (Wildman–Crippen MR) is 78.5 cm³/mol. The molecular weight excluding hydrogens is 254 g/mol. The molecule has 0 bridgehead atoms. The molecule has 2 fully saturated rings. The summed E-state index contributed by atoms with van der Waals surface area (Å²) >= 11 is 0. The van der Waals surface area contributed by atoms with Gasteiger partial charge in [-0.3, -0.25) is 4.79 Å². The Morgan fingerprint density at radius 3 is 2.35 bits per heavy atom. The first-order chi connectivity index (χ1) is 9.61. The smallest absolute Gasteiger partial charge is 0.226 e. The number of amidine groups is 1. The summed E-state index contributed by atoms with van der Waals surface area (Å²) < 4.78 is 0. The first kappa shape index (κ1) is 15.1. The molecule has 0 unspecified atom stereocenters. The number of rotatable bonds is 4. The van der Waals surface area contributed by atoms with Crippen molar-refractivity contribution in [3.05, 3.63) is 0 Å². The lowest BCUT2D eigenvalue weighted by Crippen LogP contribution is -2.47. The maximum Gasteiger partial charge on any atom is 0.226 e. The number of carbonyl (C=O) groups is 1. The van der Waals surface area contributed by atoms with Crippen LogP contribution in [0.3, 0.4) is 0 Å². The maximum atomic E-state index is 12.8. The van der Waals surface area contributed by atoms with Crippen molar-refractivity contribution < 1.29 is 10.0 Å². The lowest BCUT2D eigenvalue weighted by Gasteiger charge is -2.34. The van der Waals surface area contributed by atoms with Crippen molar-refractivity contribution in [3.63, 3.8) is 0 Å². The summed E-state index contributed by atoms with van der Waals surface area (Å²) in [6, 6.07) is 0.280. The fourth-order valence-electron chi connectivity index (χ4n) is 3.55. The molecule has 0 atom stereocenters. The number of hydrogen-bond donors (Lipinski definition) is 2. The van der Waals surface area contributed by atoms with Crippen LogP contribution in [-0.2, 0) is 4.79 Å². The van der Waals surface area contributed by atoms with E-state index in [0.717, 1.165) is 44.4 Å². The highest BCUT2D eigenvalue weighted by molar-refractivity contribution is 5.88. The van der Waals surface area contributed by atoms with Crippen molar-refractivity contribution in [1.29, 1.82) is 0 Å². The zero-order valence-corrected chi connectivity index (χ0v) is 12.4. The third-order valence-corrected chi connectivity index (χ3v) is 4.87. The van der Waals surface area contributed by atoms with E-state index in [9.17, 15) is 4.79 Å². The molecule has 114 valence electrons. The minimum absolute atomic E-state index is 0.134. The highest BCUT2D eigenvalue weighted by atomic mass is 16.4. The van der Waals surface area contributed by atoms with E-state index in [1.165, 1.54) is 12.8 Å². The summed E-state index contributed by atoms with van der Waals surface area (Å²) in [6.07, 6.45) is 8.69. The molecule has 0 aliphatic heterocycles. The topological polar surface area (TPSA) is 78.9 Å². The minimum atomic E-state index is 0.134. The van der Waals surface area contributed by atoms with Crippen molar-refractivity contribution in [3.8, 4) is 0 Å². The predicted octanol–water partition coefficient (Wildman–Crippen LogP) is 2.33. The molecule has 0 heterocycles. The van der Waals surface area contributed by atoms with Gasteiger partial charge in [0, 0.05) is 12.0 Å². The lowest BCUT2D eigenvalue weighted by atomic mass is 9.82. The molecule has 2 aliphatic carbocycles. The summed E-state index contributed by atoms with van der Waals surface area (Å²) in [5, 5.41) is 11.8. The Hall–Kier alpha value is -1.26. The molecule has 0 spiro atoms. The monoisotopic (exact) mass is 281 g/mol. The van der Waals surface area contributed by atoms with Crippen LogP contribution < -0.4 is 5.73 Å². The van der Waals surface area contributed by atoms with Crippen LogP contribution in [0.4, 0.5) is 0 Å². The van der Waals surface area contributed by atoms with Gasteiger partial charge < -0.3 is 15.8 Å². The van der Waals surface area contributed by atoms with Crippen LogP contribution in [-0.4, -0.2) is 34.4 Å². The molecule has 2 aliphatic rings. The summed E-state index contributed by atoms with van der Waals surface area (Å²) in [6.45, 7) is 2.53. The van der Waals surface area contributed by atoms with Crippen LogP contribution in [0.15, 0.2) is 5.16 Å². The number of hydrogen-bond acceptors (Lipinski definition) is 3. The van der Waals surface area contributed by atoms with Crippen molar-refractivity contribution in [2.24, 2.45) is 22.7 Å². The minimum Gasteiger partial charge on any atom is -0.409 e. The van der Waals surface area contributed by atoms with Crippen LogP contribution in [0, 0.1) is 11.8 Å². The van der Waals surface area contributed by atoms with Gasteiger partial charge in [0.15, 0.2) is 5.84 Å². The van der Waals surface area contributed by atoms with Gasteiger partial charge in [-0.15, -0.1) is 0 Å². The average molecular weight is 281 g/mol.